The summed E-state index contributed by atoms with van der Waals surface area (Å²) in [5.74, 6) is 0.531. The predicted octanol–water partition coefficient (Wildman–Crippen LogP) is 1.17. The Morgan fingerprint density at radius 3 is 3.00 bits per heavy atom. The average Bonchev–Trinajstić information content (AvgIpc) is 3.00. The number of carbonyl (C=O) groups excluding carboxylic acids is 1. The fourth-order valence-corrected chi connectivity index (χ4v) is 2.02. The lowest BCUT2D eigenvalue weighted by molar-refractivity contribution is 0.0948. The Bertz CT molecular complexity index is 770. The summed E-state index contributed by atoms with van der Waals surface area (Å²) in [4.78, 5) is 20.1. The largest absolute Gasteiger partial charge is 0.383 e. The lowest BCUT2D eigenvalue weighted by Gasteiger charge is -2.06. The van der Waals surface area contributed by atoms with E-state index in [4.69, 9.17) is 10.3 Å². The highest BCUT2D eigenvalue weighted by molar-refractivity contribution is 5.99. The smallest absolute Gasteiger partial charge is 0.270 e. The molecule has 0 unspecified atom stereocenters. The van der Waals surface area contributed by atoms with Gasteiger partial charge >= 0.3 is 0 Å². The van der Waals surface area contributed by atoms with Gasteiger partial charge in [0.15, 0.2) is 6.33 Å². The van der Waals surface area contributed by atoms with Gasteiger partial charge < -0.3 is 15.6 Å². The zero-order valence-corrected chi connectivity index (χ0v) is 11.1. The maximum Gasteiger partial charge on any atom is 0.270 e. The van der Waals surface area contributed by atoms with Crippen LogP contribution in [0.5, 0.6) is 0 Å². The minimum Gasteiger partial charge on any atom is -0.383 e. The van der Waals surface area contributed by atoms with E-state index in [1.54, 1.807) is 6.07 Å². The second-order valence-corrected chi connectivity index (χ2v) is 4.45. The molecule has 3 rings (SSSR count). The van der Waals surface area contributed by atoms with Crippen LogP contribution in [0.1, 0.15) is 16.4 Å². The summed E-state index contributed by atoms with van der Waals surface area (Å²) in [6, 6.07) is 9.24. The van der Waals surface area contributed by atoms with Crippen LogP contribution in [0.3, 0.4) is 0 Å². The molecule has 0 aliphatic carbocycles. The summed E-state index contributed by atoms with van der Waals surface area (Å²) < 4.78 is 4.85. The maximum atomic E-state index is 12.1. The maximum absolute atomic E-state index is 12.1. The molecule has 0 fully saturated rings. The molecule has 3 N–H and O–H groups in total. The van der Waals surface area contributed by atoms with Crippen molar-refractivity contribution in [1.29, 1.82) is 0 Å². The molecule has 0 aliphatic heterocycles. The van der Waals surface area contributed by atoms with E-state index in [1.165, 1.54) is 6.33 Å². The van der Waals surface area contributed by atoms with Gasteiger partial charge in [-0.3, -0.25) is 4.79 Å². The molecule has 0 aliphatic rings. The van der Waals surface area contributed by atoms with Gasteiger partial charge in [0.2, 0.25) is 5.89 Å². The Morgan fingerprint density at radius 1 is 1.33 bits per heavy atom. The van der Waals surface area contributed by atoms with Crippen molar-refractivity contribution in [3.05, 3.63) is 48.2 Å². The molecule has 2 heterocycles. The lowest BCUT2D eigenvalue weighted by Crippen LogP contribution is -2.26. The van der Waals surface area contributed by atoms with E-state index >= 15 is 0 Å². The van der Waals surface area contributed by atoms with Crippen molar-refractivity contribution < 1.29 is 9.32 Å². The minimum atomic E-state index is -0.285. The first kappa shape index (κ1) is 13.0. The van der Waals surface area contributed by atoms with Gasteiger partial charge in [0.05, 0.1) is 0 Å². The molecule has 2 aromatic heterocycles. The number of anilines is 1. The summed E-state index contributed by atoms with van der Waals surface area (Å²) in [5, 5.41) is 7.96. The van der Waals surface area contributed by atoms with Crippen molar-refractivity contribution in [3.8, 4) is 0 Å². The fourth-order valence-electron chi connectivity index (χ4n) is 2.02. The number of benzene rings is 1. The summed E-state index contributed by atoms with van der Waals surface area (Å²) in [6.45, 7) is 0.384. The second kappa shape index (κ2) is 5.58. The molecule has 0 saturated carbocycles. The highest BCUT2D eigenvalue weighted by Crippen LogP contribution is 2.19. The van der Waals surface area contributed by atoms with E-state index < -0.39 is 0 Å². The van der Waals surface area contributed by atoms with E-state index in [0.717, 1.165) is 10.8 Å². The number of carbonyl (C=O) groups is 1. The second-order valence-electron chi connectivity index (χ2n) is 4.45. The zero-order chi connectivity index (χ0) is 14.7. The van der Waals surface area contributed by atoms with E-state index in [2.05, 4.69) is 20.4 Å². The van der Waals surface area contributed by atoms with E-state index in [-0.39, 0.29) is 11.6 Å². The van der Waals surface area contributed by atoms with Crippen LogP contribution in [-0.2, 0) is 6.42 Å². The quantitative estimate of drug-likeness (QED) is 0.744. The summed E-state index contributed by atoms with van der Waals surface area (Å²) in [6.07, 6.45) is 1.79. The molecule has 7 heteroatoms. The van der Waals surface area contributed by atoms with Gasteiger partial charge in [0, 0.05) is 18.4 Å². The standard InChI is InChI=1S/C14H13N5O2/c15-13-10-4-2-1-3-9(10)7-11(19-13)14(20)16-6-5-12-17-8-18-21-12/h1-4,7-8H,5-6H2,(H2,15,19)(H,16,20). The Balaban J connectivity index is 1.72. The SMILES string of the molecule is Nc1nc(C(=O)NCCc2ncno2)cc2ccccc12. The normalized spacial score (nSPS) is 10.7. The lowest BCUT2D eigenvalue weighted by atomic mass is 10.1. The van der Waals surface area contributed by atoms with Crippen molar-refractivity contribution in [2.24, 2.45) is 0 Å². The summed E-state index contributed by atoms with van der Waals surface area (Å²) >= 11 is 0. The first-order chi connectivity index (χ1) is 10.2. The number of fused-ring (bicyclic) bond motifs is 1. The summed E-state index contributed by atoms with van der Waals surface area (Å²) in [7, 11) is 0. The fraction of sp³-hybridized carbons (Fsp3) is 0.143. The Labute approximate surface area is 120 Å². The number of nitrogens with one attached hydrogen (secondary N) is 1. The van der Waals surface area contributed by atoms with Gasteiger partial charge in [-0.1, -0.05) is 29.4 Å². The number of nitrogen functional groups attached to an aromatic ring is 1. The molecule has 21 heavy (non-hydrogen) atoms. The highest BCUT2D eigenvalue weighted by Gasteiger charge is 2.10. The number of pyridine rings is 1. The number of nitrogens with zero attached hydrogens (tertiary/aromatic N) is 3. The van der Waals surface area contributed by atoms with Gasteiger partial charge in [0.1, 0.15) is 11.5 Å². The van der Waals surface area contributed by atoms with Gasteiger partial charge in [-0.05, 0) is 11.5 Å². The van der Waals surface area contributed by atoms with Gasteiger partial charge in [-0.15, -0.1) is 0 Å². The molecule has 0 atom stereocenters. The molecule has 1 amide bonds. The number of nitrogens with two attached hydrogens (primary N) is 1. The van der Waals surface area contributed by atoms with Crippen LogP contribution >= 0.6 is 0 Å². The first-order valence-corrected chi connectivity index (χ1v) is 6.43. The van der Waals surface area contributed by atoms with Crippen molar-refractivity contribution >= 4 is 22.5 Å². The molecule has 0 spiro atoms. The molecule has 7 nitrogen and oxygen atoms in total. The summed E-state index contributed by atoms with van der Waals surface area (Å²) in [5.41, 5.74) is 6.16. The topological polar surface area (TPSA) is 107 Å². The monoisotopic (exact) mass is 283 g/mol. The van der Waals surface area contributed by atoms with Crippen LogP contribution in [0.4, 0.5) is 5.82 Å². The predicted molar refractivity (Wildman–Crippen MR) is 76.5 cm³/mol. The Hall–Kier alpha value is -2.96. The van der Waals surface area contributed by atoms with Crippen LogP contribution < -0.4 is 11.1 Å². The molecule has 0 radical (unpaired) electrons. The van der Waals surface area contributed by atoms with Crippen molar-refractivity contribution in [3.63, 3.8) is 0 Å². The molecule has 0 saturated heterocycles. The first-order valence-electron chi connectivity index (χ1n) is 6.43. The van der Waals surface area contributed by atoms with Gasteiger partial charge in [-0.25, -0.2) is 4.98 Å². The third kappa shape index (κ3) is 2.81. The van der Waals surface area contributed by atoms with E-state index in [1.807, 2.05) is 24.3 Å². The van der Waals surface area contributed by atoms with Crippen LogP contribution in [0.15, 0.2) is 41.2 Å². The molecular weight excluding hydrogens is 270 g/mol. The van der Waals surface area contributed by atoms with Crippen LogP contribution in [-0.4, -0.2) is 27.6 Å². The Kier molecular flexibility index (Phi) is 3.46. The molecule has 1 aromatic carbocycles. The van der Waals surface area contributed by atoms with Crippen molar-refractivity contribution in [2.75, 3.05) is 12.3 Å². The van der Waals surface area contributed by atoms with Crippen LogP contribution in [0, 0.1) is 0 Å². The van der Waals surface area contributed by atoms with Crippen molar-refractivity contribution in [2.45, 2.75) is 6.42 Å². The van der Waals surface area contributed by atoms with E-state index in [0.29, 0.717) is 24.7 Å². The van der Waals surface area contributed by atoms with Crippen molar-refractivity contribution in [1.82, 2.24) is 20.4 Å². The number of hydrogen-bond acceptors (Lipinski definition) is 6. The average molecular weight is 283 g/mol. The van der Waals surface area contributed by atoms with Gasteiger partial charge in [-0.2, -0.15) is 4.98 Å². The van der Waals surface area contributed by atoms with Crippen LogP contribution in [0.25, 0.3) is 10.8 Å². The molecule has 106 valence electrons. The zero-order valence-electron chi connectivity index (χ0n) is 11.1. The molecular formula is C14H13N5O2. The highest BCUT2D eigenvalue weighted by atomic mass is 16.5. The number of amides is 1. The number of hydrogen-bond donors (Lipinski definition) is 2. The molecule has 3 aromatic rings. The molecule has 0 bridgehead atoms. The van der Waals surface area contributed by atoms with Gasteiger partial charge in [0.25, 0.3) is 5.91 Å². The number of aromatic nitrogens is 3. The van der Waals surface area contributed by atoms with E-state index in [9.17, 15) is 4.79 Å². The minimum absolute atomic E-state index is 0.285. The number of rotatable bonds is 4. The third-order valence-corrected chi connectivity index (χ3v) is 3.03. The van der Waals surface area contributed by atoms with Crippen LogP contribution in [0.2, 0.25) is 0 Å². The third-order valence-electron chi connectivity index (χ3n) is 3.03. The Morgan fingerprint density at radius 2 is 2.19 bits per heavy atom.